The van der Waals surface area contributed by atoms with Gasteiger partial charge in [0.25, 0.3) is 0 Å². The molecule has 0 saturated heterocycles. The lowest BCUT2D eigenvalue weighted by Gasteiger charge is -2.09. The Morgan fingerprint density at radius 2 is 1.89 bits per heavy atom. The molecule has 0 aliphatic carbocycles. The van der Waals surface area contributed by atoms with E-state index in [1.807, 2.05) is 0 Å². The van der Waals surface area contributed by atoms with Crippen molar-refractivity contribution in [3.05, 3.63) is 76.4 Å². The van der Waals surface area contributed by atoms with Crippen LogP contribution in [0.25, 0.3) is 17.0 Å². The normalized spacial score (nSPS) is 11.1. The number of aromatic nitrogens is 6. The maximum Gasteiger partial charge on any atom is 0.353 e. The molecule has 3 aromatic heterocycles. The first kappa shape index (κ1) is 22.1. The molecule has 5 aromatic rings. The Labute approximate surface area is 197 Å². The number of para-hydroxylation sites is 1. The third kappa shape index (κ3) is 4.16. The molecule has 0 unspecified atom stereocenters. The summed E-state index contributed by atoms with van der Waals surface area (Å²) in [6.07, 6.45) is 0. The summed E-state index contributed by atoms with van der Waals surface area (Å²) in [5.74, 6) is 1.32. The second kappa shape index (κ2) is 8.89. The Bertz CT molecular complexity index is 1570. The van der Waals surface area contributed by atoms with E-state index in [0.29, 0.717) is 34.1 Å². The van der Waals surface area contributed by atoms with Crippen molar-refractivity contribution >= 4 is 17.3 Å². The molecule has 3 heterocycles. The second-order valence-corrected chi connectivity index (χ2v) is 7.54. The molecule has 0 radical (unpaired) electrons. The van der Waals surface area contributed by atoms with Gasteiger partial charge in [-0.2, -0.15) is 4.98 Å². The van der Waals surface area contributed by atoms with Crippen molar-refractivity contribution in [1.82, 2.24) is 29.3 Å². The molecule has 0 spiro atoms. The standard InChI is InChI=1S/C23H20FN7O4/c1-13-11-18-28-30(23(32)31(18)22(25-13)26-15-9-7-14(24)8-10-15)12-19-27-21(29-35-19)16-5-4-6-17(33-2)20(16)34-3/h4-11H,12H2,1-3H3,(H,25,26). The van der Waals surface area contributed by atoms with Gasteiger partial charge in [-0.3, -0.25) is 0 Å². The van der Waals surface area contributed by atoms with Gasteiger partial charge in [-0.1, -0.05) is 11.2 Å². The second-order valence-electron chi connectivity index (χ2n) is 7.54. The minimum Gasteiger partial charge on any atom is -0.493 e. The summed E-state index contributed by atoms with van der Waals surface area (Å²) in [5, 5.41) is 11.4. The average molecular weight is 477 g/mol. The lowest BCUT2D eigenvalue weighted by atomic mass is 10.1. The number of methoxy groups -OCH3 is 2. The Balaban J connectivity index is 1.48. The van der Waals surface area contributed by atoms with E-state index in [9.17, 15) is 9.18 Å². The number of anilines is 2. The first-order valence-corrected chi connectivity index (χ1v) is 10.5. The Morgan fingerprint density at radius 1 is 1.09 bits per heavy atom. The number of benzene rings is 2. The van der Waals surface area contributed by atoms with Gasteiger partial charge in [0.15, 0.2) is 17.1 Å². The molecular weight excluding hydrogens is 457 g/mol. The van der Waals surface area contributed by atoms with Crippen LogP contribution in [0.4, 0.5) is 16.0 Å². The van der Waals surface area contributed by atoms with Crippen molar-refractivity contribution in [2.75, 3.05) is 19.5 Å². The molecule has 0 aliphatic heterocycles. The molecule has 12 heteroatoms. The number of hydrogen-bond acceptors (Lipinski definition) is 9. The van der Waals surface area contributed by atoms with E-state index in [1.165, 1.54) is 35.4 Å². The summed E-state index contributed by atoms with van der Waals surface area (Å²) in [6.45, 7) is 1.72. The van der Waals surface area contributed by atoms with Gasteiger partial charge in [0, 0.05) is 17.4 Å². The Hall–Kier alpha value is -4.74. The van der Waals surface area contributed by atoms with Crippen LogP contribution in [0.1, 0.15) is 11.6 Å². The van der Waals surface area contributed by atoms with Crippen LogP contribution in [-0.2, 0) is 6.54 Å². The van der Waals surface area contributed by atoms with Gasteiger partial charge in [-0.15, -0.1) is 5.10 Å². The minimum absolute atomic E-state index is 0.0607. The highest BCUT2D eigenvalue weighted by atomic mass is 19.1. The number of rotatable bonds is 7. The highest BCUT2D eigenvalue weighted by molar-refractivity contribution is 5.68. The Morgan fingerprint density at radius 3 is 2.63 bits per heavy atom. The zero-order valence-corrected chi connectivity index (χ0v) is 19.0. The fourth-order valence-corrected chi connectivity index (χ4v) is 3.62. The van der Waals surface area contributed by atoms with E-state index >= 15 is 0 Å². The highest BCUT2D eigenvalue weighted by Gasteiger charge is 2.19. The van der Waals surface area contributed by atoms with Gasteiger partial charge in [-0.05, 0) is 43.3 Å². The molecular formula is C23H20FN7O4. The van der Waals surface area contributed by atoms with E-state index in [2.05, 4.69) is 25.5 Å². The van der Waals surface area contributed by atoms with Gasteiger partial charge >= 0.3 is 5.69 Å². The predicted octanol–water partition coefficient (Wildman–Crippen LogP) is 3.20. The van der Waals surface area contributed by atoms with Crippen molar-refractivity contribution < 1.29 is 18.4 Å². The molecule has 35 heavy (non-hydrogen) atoms. The number of halogens is 1. The monoisotopic (exact) mass is 477 g/mol. The van der Waals surface area contributed by atoms with Crippen molar-refractivity contribution in [3.63, 3.8) is 0 Å². The van der Waals surface area contributed by atoms with Crippen LogP contribution in [0.5, 0.6) is 11.5 Å². The van der Waals surface area contributed by atoms with Gasteiger partial charge < -0.3 is 19.3 Å². The summed E-state index contributed by atoms with van der Waals surface area (Å²) in [5.41, 5.74) is 1.70. The summed E-state index contributed by atoms with van der Waals surface area (Å²) in [4.78, 5) is 22.0. The first-order valence-electron chi connectivity index (χ1n) is 10.5. The van der Waals surface area contributed by atoms with Crippen molar-refractivity contribution in [2.24, 2.45) is 0 Å². The highest BCUT2D eigenvalue weighted by Crippen LogP contribution is 2.36. The Kier molecular flexibility index (Phi) is 5.61. The zero-order chi connectivity index (χ0) is 24.5. The molecule has 11 nitrogen and oxygen atoms in total. The number of nitrogens with one attached hydrogen (secondary N) is 1. The number of nitrogens with zero attached hydrogens (tertiary/aromatic N) is 6. The lowest BCUT2D eigenvalue weighted by Crippen LogP contribution is -2.23. The van der Waals surface area contributed by atoms with E-state index < -0.39 is 5.69 Å². The summed E-state index contributed by atoms with van der Waals surface area (Å²) in [7, 11) is 3.06. The van der Waals surface area contributed by atoms with Crippen molar-refractivity contribution in [1.29, 1.82) is 0 Å². The van der Waals surface area contributed by atoms with E-state index in [4.69, 9.17) is 14.0 Å². The fraction of sp³-hybridized carbons (Fsp3) is 0.174. The maximum absolute atomic E-state index is 13.3. The summed E-state index contributed by atoms with van der Waals surface area (Å²) in [6, 6.07) is 12.7. The molecule has 178 valence electrons. The van der Waals surface area contributed by atoms with E-state index in [-0.39, 0.29) is 30.0 Å². The largest absolute Gasteiger partial charge is 0.493 e. The molecule has 1 N–H and O–H groups in total. The van der Waals surface area contributed by atoms with E-state index in [1.54, 1.807) is 43.3 Å². The van der Waals surface area contributed by atoms with Crippen LogP contribution >= 0.6 is 0 Å². The number of ether oxygens (including phenoxy) is 2. The van der Waals surface area contributed by atoms with Gasteiger partial charge in [0.2, 0.25) is 17.7 Å². The molecule has 0 saturated carbocycles. The van der Waals surface area contributed by atoms with Crippen LogP contribution in [0.3, 0.4) is 0 Å². The van der Waals surface area contributed by atoms with Gasteiger partial charge in [0.1, 0.15) is 12.4 Å². The predicted molar refractivity (Wildman–Crippen MR) is 124 cm³/mol. The van der Waals surface area contributed by atoms with Crippen molar-refractivity contribution in [3.8, 4) is 22.9 Å². The third-order valence-corrected chi connectivity index (χ3v) is 5.19. The summed E-state index contributed by atoms with van der Waals surface area (Å²) < 4.78 is 31.9. The topological polar surface area (TPSA) is 122 Å². The van der Waals surface area contributed by atoms with Crippen LogP contribution < -0.4 is 20.5 Å². The molecule has 0 bridgehead atoms. The molecule has 0 aliphatic rings. The first-order chi connectivity index (χ1) is 17.0. The third-order valence-electron chi connectivity index (χ3n) is 5.19. The molecule has 0 atom stereocenters. The molecule has 0 amide bonds. The van der Waals surface area contributed by atoms with Crippen molar-refractivity contribution in [2.45, 2.75) is 13.5 Å². The summed E-state index contributed by atoms with van der Waals surface area (Å²) >= 11 is 0. The quantitative estimate of drug-likeness (QED) is 0.377. The maximum atomic E-state index is 13.3. The SMILES string of the molecule is COc1cccc(-c2noc(Cn3nc4cc(C)nc(Nc5ccc(F)cc5)n4c3=O)n2)c1OC. The zero-order valence-electron chi connectivity index (χ0n) is 19.0. The van der Waals surface area contributed by atoms with E-state index in [0.717, 1.165) is 0 Å². The number of fused-ring (bicyclic) bond motifs is 1. The van der Waals surface area contributed by atoms with Crippen LogP contribution in [0.2, 0.25) is 0 Å². The fourth-order valence-electron chi connectivity index (χ4n) is 3.62. The van der Waals surface area contributed by atoms with Gasteiger partial charge in [-0.25, -0.2) is 23.3 Å². The molecule has 2 aromatic carbocycles. The van der Waals surface area contributed by atoms with Crippen LogP contribution in [-0.4, -0.2) is 43.5 Å². The smallest absolute Gasteiger partial charge is 0.353 e. The lowest BCUT2D eigenvalue weighted by molar-refractivity contribution is 0.354. The average Bonchev–Trinajstić information content (AvgIpc) is 3.44. The number of hydrogen-bond donors (Lipinski definition) is 1. The van der Waals surface area contributed by atoms with Crippen LogP contribution in [0, 0.1) is 12.7 Å². The molecule has 5 rings (SSSR count). The van der Waals surface area contributed by atoms with Crippen LogP contribution in [0.15, 0.2) is 57.8 Å². The minimum atomic E-state index is -0.462. The number of aryl methyl sites for hydroxylation is 1. The molecule has 0 fully saturated rings. The van der Waals surface area contributed by atoms with Gasteiger partial charge in [0.05, 0.1) is 19.8 Å².